The molecule has 0 saturated carbocycles. The van der Waals surface area contributed by atoms with Gasteiger partial charge in [-0.05, 0) is 56.6 Å². The molecule has 0 fully saturated rings. The molecule has 1 unspecified atom stereocenters. The van der Waals surface area contributed by atoms with Crippen LogP contribution < -0.4 is 10.1 Å². The normalized spacial score (nSPS) is 12.5. The first kappa shape index (κ1) is 13.7. The molecule has 3 heteroatoms. The minimum Gasteiger partial charge on any atom is -0.496 e. The van der Waals surface area contributed by atoms with Gasteiger partial charge < -0.3 is 14.5 Å². The number of methoxy groups -OCH3 is 1. The van der Waals surface area contributed by atoms with Gasteiger partial charge in [-0.2, -0.15) is 0 Å². The highest BCUT2D eigenvalue weighted by atomic mass is 16.5. The van der Waals surface area contributed by atoms with E-state index in [2.05, 4.69) is 37.4 Å². The predicted molar refractivity (Wildman–Crippen MR) is 76.8 cm³/mol. The SMILES string of the molecule is CNC(c1coc(C)c1)c1cc(C)c(OC)cc1C. The standard InChI is InChI=1S/C16H21NO2/c1-10-7-15(18-5)11(2)6-14(10)16(17-4)13-8-12(3)19-9-13/h6-9,16-17H,1-5H3. The maximum atomic E-state index is 5.42. The summed E-state index contributed by atoms with van der Waals surface area (Å²) in [6.45, 7) is 6.13. The van der Waals surface area contributed by atoms with Gasteiger partial charge in [0.15, 0.2) is 0 Å². The van der Waals surface area contributed by atoms with Gasteiger partial charge in [-0.3, -0.25) is 0 Å². The predicted octanol–water partition coefficient (Wildman–Crippen LogP) is 3.52. The number of aryl methyl sites for hydroxylation is 3. The molecule has 0 radical (unpaired) electrons. The Morgan fingerprint density at radius 3 is 2.37 bits per heavy atom. The van der Waals surface area contributed by atoms with Crippen LogP contribution in [-0.4, -0.2) is 14.2 Å². The highest BCUT2D eigenvalue weighted by molar-refractivity contribution is 5.45. The Hall–Kier alpha value is -1.74. The summed E-state index contributed by atoms with van der Waals surface area (Å²) in [7, 11) is 3.67. The molecule has 3 nitrogen and oxygen atoms in total. The maximum absolute atomic E-state index is 5.42. The molecule has 2 aromatic rings. The first-order valence-corrected chi connectivity index (χ1v) is 6.44. The minimum atomic E-state index is 0.141. The molecule has 0 amide bonds. The van der Waals surface area contributed by atoms with Crippen molar-refractivity contribution in [2.75, 3.05) is 14.2 Å². The third-order valence-corrected chi connectivity index (χ3v) is 3.47. The Morgan fingerprint density at radius 1 is 1.11 bits per heavy atom. The quantitative estimate of drug-likeness (QED) is 0.912. The van der Waals surface area contributed by atoms with Crippen molar-refractivity contribution in [2.24, 2.45) is 0 Å². The van der Waals surface area contributed by atoms with E-state index in [9.17, 15) is 0 Å². The largest absolute Gasteiger partial charge is 0.496 e. The number of benzene rings is 1. The zero-order chi connectivity index (χ0) is 14.0. The summed E-state index contributed by atoms with van der Waals surface area (Å²) in [6.07, 6.45) is 1.81. The Morgan fingerprint density at radius 2 is 1.84 bits per heavy atom. The average Bonchev–Trinajstić information content (AvgIpc) is 2.80. The topological polar surface area (TPSA) is 34.4 Å². The molecule has 102 valence electrons. The van der Waals surface area contributed by atoms with Crippen LogP contribution in [0.4, 0.5) is 0 Å². The van der Waals surface area contributed by atoms with E-state index in [4.69, 9.17) is 9.15 Å². The number of rotatable bonds is 4. The van der Waals surface area contributed by atoms with Crippen molar-refractivity contribution in [3.63, 3.8) is 0 Å². The zero-order valence-corrected chi connectivity index (χ0v) is 12.2. The molecule has 1 aromatic heterocycles. The Labute approximate surface area is 114 Å². The molecule has 1 atom stereocenters. The van der Waals surface area contributed by atoms with E-state index in [0.29, 0.717) is 0 Å². The summed E-state index contributed by atoms with van der Waals surface area (Å²) in [5.74, 6) is 1.86. The fraction of sp³-hybridized carbons (Fsp3) is 0.375. The highest BCUT2D eigenvalue weighted by Gasteiger charge is 2.17. The molecule has 19 heavy (non-hydrogen) atoms. The van der Waals surface area contributed by atoms with Crippen LogP contribution in [0.15, 0.2) is 28.9 Å². The molecule has 0 aliphatic carbocycles. The van der Waals surface area contributed by atoms with Crippen LogP contribution >= 0.6 is 0 Å². The molecular formula is C16H21NO2. The average molecular weight is 259 g/mol. The lowest BCUT2D eigenvalue weighted by molar-refractivity contribution is 0.411. The van der Waals surface area contributed by atoms with Gasteiger partial charge in [0.2, 0.25) is 0 Å². The molecule has 1 N–H and O–H groups in total. The summed E-state index contributed by atoms with van der Waals surface area (Å²) in [6, 6.07) is 6.47. The van der Waals surface area contributed by atoms with E-state index in [0.717, 1.165) is 22.6 Å². The van der Waals surface area contributed by atoms with Gasteiger partial charge in [-0.15, -0.1) is 0 Å². The molecular weight excluding hydrogens is 238 g/mol. The molecule has 0 aliphatic heterocycles. The van der Waals surface area contributed by atoms with Crippen molar-refractivity contribution in [3.05, 3.63) is 52.5 Å². The van der Waals surface area contributed by atoms with E-state index in [1.165, 1.54) is 11.1 Å². The summed E-state index contributed by atoms with van der Waals surface area (Å²) in [4.78, 5) is 0. The molecule has 0 saturated heterocycles. The van der Waals surface area contributed by atoms with Crippen molar-refractivity contribution in [1.29, 1.82) is 0 Å². The van der Waals surface area contributed by atoms with Crippen LogP contribution in [0.25, 0.3) is 0 Å². The number of hydrogen-bond donors (Lipinski definition) is 1. The van der Waals surface area contributed by atoms with Gasteiger partial charge in [0, 0.05) is 5.56 Å². The van der Waals surface area contributed by atoms with Crippen LogP contribution in [-0.2, 0) is 0 Å². The fourth-order valence-corrected chi connectivity index (χ4v) is 2.46. The van der Waals surface area contributed by atoms with Crippen molar-refractivity contribution >= 4 is 0 Å². The van der Waals surface area contributed by atoms with Crippen LogP contribution in [0.3, 0.4) is 0 Å². The number of nitrogens with one attached hydrogen (secondary N) is 1. The second kappa shape index (κ2) is 5.49. The lowest BCUT2D eigenvalue weighted by Gasteiger charge is -2.19. The van der Waals surface area contributed by atoms with Gasteiger partial charge in [0.25, 0.3) is 0 Å². The summed E-state index contributed by atoms with van der Waals surface area (Å²) in [5.41, 5.74) is 4.75. The van der Waals surface area contributed by atoms with E-state index in [1.54, 1.807) is 7.11 Å². The van der Waals surface area contributed by atoms with Gasteiger partial charge in [-0.1, -0.05) is 6.07 Å². The molecule has 1 aromatic carbocycles. The smallest absolute Gasteiger partial charge is 0.122 e. The third kappa shape index (κ3) is 2.66. The van der Waals surface area contributed by atoms with Gasteiger partial charge in [-0.25, -0.2) is 0 Å². The second-order valence-corrected chi connectivity index (χ2v) is 4.89. The van der Waals surface area contributed by atoms with Crippen molar-refractivity contribution in [2.45, 2.75) is 26.8 Å². The lowest BCUT2D eigenvalue weighted by Crippen LogP contribution is -2.18. The van der Waals surface area contributed by atoms with E-state index < -0.39 is 0 Å². The van der Waals surface area contributed by atoms with Crippen molar-refractivity contribution in [3.8, 4) is 5.75 Å². The minimum absolute atomic E-state index is 0.141. The Bertz CT molecular complexity index is 572. The fourth-order valence-electron chi connectivity index (χ4n) is 2.46. The van der Waals surface area contributed by atoms with Crippen molar-refractivity contribution in [1.82, 2.24) is 5.32 Å². The second-order valence-electron chi connectivity index (χ2n) is 4.89. The van der Waals surface area contributed by atoms with Crippen LogP contribution in [0.5, 0.6) is 5.75 Å². The van der Waals surface area contributed by atoms with Crippen LogP contribution in [0, 0.1) is 20.8 Å². The Balaban J connectivity index is 2.47. The van der Waals surface area contributed by atoms with Gasteiger partial charge in [0.05, 0.1) is 19.4 Å². The number of furan rings is 1. The number of ether oxygens (including phenoxy) is 1. The molecule has 0 spiro atoms. The van der Waals surface area contributed by atoms with Gasteiger partial charge >= 0.3 is 0 Å². The number of hydrogen-bond acceptors (Lipinski definition) is 3. The summed E-state index contributed by atoms with van der Waals surface area (Å²) >= 11 is 0. The molecule has 1 heterocycles. The maximum Gasteiger partial charge on any atom is 0.122 e. The molecule has 0 aliphatic rings. The van der Waals surface area contributed by atoms with E-state index in [1.807, 2.05) is 20.2 Å². The first-order chi connectivity index (χ1) is 9.06. The Kier molecular flexibility index (Phi) is 3.96. The van der Waals surface area contributed by atoms with Gasteiger partial charge in [0.1, 0.15) is 11.5 Å². The first-order valence-electron chi connectivity index (χ1n) is 6.44. The monoisotopic (exact) mass is 259 g/mol. The highest BCUT2D eigenvalue weighted by Crippen LogP contribution is 2.30. The zero-order valence-electron chi connectivity index (χ0n) is 12.2. The molecule has 2 rings (SSSR count). The van der Waals surface area contributed by atoms with Crippen molar-refractivity contribution < 1.29 is 9.15 Å². The van der Waals surface area contributed by atoms with Crippen LogP contribution in [0.1, 0.15) is 34.1 Å². The third-order valence-electron chi connectivity index (χ3n) is 3.47. The van der Waals surface area contributed by atoms with E-state index >= 15 is 0 Å². The van der Waals surface area contributed by atoms with Crippen LogP contribution in [0.2, 0.25) is 0 Å². The summed E-state index contributed by atoms with van der Waals surface area (Å²) < 4.78 is 10.8. The van der Waals surface area contributed by atoms with E-state index in [-0.39, 0.29) is 6.04 Å². The molecule has 0 bridgehead atoms. The summed E-state index contributed by atoms with van der Waals surface area (Å²) in [5, 5.41) is 3.35. The lowest BCUT2D eigenvalue weighted by atomic mass is 9.94.